The molecule has 1 aliphatic carbocycles. The summed E-state index contributed by atoms with van der Waals surface area (Å²) in [5.74, 6) is 2.15. The summed E-state index contributed by atoms with van der Waals surface area (Å²) in [7, 11) is 0. The molecule has 3 nitrogen and oxygen atoms in total. The van der Waals surface area contributed by atoms with Crippen LogP contribution in [0.2, 0.25) is 0 Å². The van der Waals surface area contributed by atoms with Crippen LogP contribution in [0.15, 0.2) is 0 Å². The van der Waals surface area contributed by atoms with Crippen LogP contribution in [-0.4, -0.2) is 36.5 Å². The molecule has 0 unspecified atom stereocenters. The average molecular weight is 266 g/mol. The van der Waals surface area contributed by atoms with Crippen LogP contribution in [-0.2, 0) is 4.79 Å². The predicted molar refractivity (Wildman–Crippen MR) is 79.0 cm³/mol. The first-order valence-corrected chi connectivity index (χ1v) is 8.14. The molecule has 2 fully saturated rings. The third-order valence-electron chi connectivity index (χ3n) is 5.06. The van der Waals surface area contributed by atoms with Crippen molar-refractivity contribution in [1.82, 2.24) is 10.2 Å². The zero-order valence-electron chi connectivity index (χ0n) is 12.7. The minimum Gasteiger partial charge on any atom is -0.343 e. The summed E-state index contributed by atoms with van der Waals surface area (Å²) in [5, 5.41) is 3.70. The number of nitrogens with one attached hydrogen (secondary N) is 1. The molecule has 19 heavy (non-hydrogen) atoms. The summed E-state index contributed by atoms with van der Waals surface area (Å²) in [4.78, 5) is 13.2. The molecule has 1 saturated heterocycles. The SMILES string of the molecule is CC(=O)N1CCC(NCCC2CCC(C)CC2)CC1. The van der Waals surface area contributed by atoms with Crippen LogP contribution in [0.3, 0.4) is 0 Å². The average Bonchev–Trinajstić information content (AvgIpc) is 2.41. The molecule has 0 atom stereocenters. The van der Waals surface area contributed by atoms with Crippen LogP contribution >= 0.6 is 0 Å². The molecule has 0 bridgehead atoms. The van der Waals surface area contributed by atoms with E-state index in [4.69, 9.17) is 0 Å². The molecule has 2 rings (SSSR count). The number of rotatable bonds is 4. The molecule has 2 aliphatic rings. The van der Waals surface area contributed by atoms with Gasteiger partial charge in [-0.15, -0.1) is 0 Å². The summed E-state index contributed by atoms with van der Waals surface area (Å²) in [6, 6.07) is 0.637. The highest BCUT2D eigenvalue weighted by atomic mass is 16.2. The number of carbonyl (C=O) groups is 1. The Kier molecular flexibility index (Phi) is 5.68. The van der Waals surface area contributed by atoms with Gasteiger partial charge in [0, 0.05) is 26.1 Å². The smallest absolute Gasteiger partial charge is 0.219 e. The topological polar surface area (TPSA) is 32.3 Å². The van der Waals surface area contributed by atoms with Crippen LogP contribution in [0.4, 0.5) is 0 Å². The lowest BCUT2D eigenvalue weighted by Gasteiger charge is -2.32. The molecule has 0 radical (unpaired) electrons. The van der Waals surface area contributed by atoms with Gasteiger partial charge in [0.2, 0.25) is 5.91 Å². The fourth-order valence-electron chi connectivity index (χ4n) is 3.51. The quantitative estimate of drug-likeness (QED) is 0.848. The van der Waals surface area contributed by atoms with Crippen molar-refractivity contribution < 1.29 is 4.79 Å². The minimum absolute atomic E-state index is 0.231. The molecule has 0 aromatic rings. The van der Waals surface area contributed by atoms with Gasteiger partial charge in [-0.2, -0.15) is 0 Å². The maximum Gasteiger partial charge on any atom is 0.219 e. The Morgan fingerprint density at radius 2 is 1.74 bits per heavy atom. The number of hydrogen-bond donors (Lipinski definition) is 1. The minimum atomic E-state index is 0.231. The lowest BCUT2D eigenvalue weighted by atomic mass is 9.81. The van der Waals surface area contributed by atoms with E-state index in [0.29, 0.717) is 6.04 Å². The third-order valence-corrected chi connectivity index (χ3v) is 5.06. The maximum absolute atomic E-state index is 11.3. The molecule has 1 amide bonds. The summed E-state index contributed by atoms with van der Waals surface area (Å²) in [6.07, 6.45) is 9.34. The molecular weight excluding hydrogens is 236 g/mol. The van der Waals surface area contributed by atoms with Crippen molar-refractivity contribution in [2.75, 3.05) is 19.6 Å². The van der Waals surface area contributed by atoms with Crippen LogP contribution in [0, 0.1) is 11.8 Å². The van der Waals surface area contributed by atoms with Crippen LogP contribution in [0.1, 0.15) is 58.8 Å². The van der Waals surface area contributed by atoms with Gasteiger partial charge in [-0.05, 0) is 37.6 Å². The Balaban J connectivity index is 1.56. The Bertz CT molecular complexity index is 276. The highest BCUT2D eigenvalue weighted by Crippen LogP contribution is 2.30. The highest BCUT2D eigenvalue weighted by molar-refractivity contribution is 5.73. The van der Waals surface area contributed by atoms with E-state index >= 15 is 0 Å². The van der Waals surface area contributed by atoms with Gasteiger partial charge in [-0.3, -0.25) is 4.79 Å². The van der Waals surface area contributed by atoms with Gasteiger partial charge in [0.15, 0.2) is 0 Å². The lowest BCUT2D eigenvalue weighted by molar-refractivity contribution is -0.129. The Morgan fingerprint density at radius 1 is 1.11 bits per heavy atom. The van der Waals surface area contributed by atoms with Gasteiger partial charge in [-0.25, -0.2) is 0 Å². The van der Waals surface area contributed by atoms with E-state index in [9.17, 15) is 4.79 Å². The zero-order chi connectivity index (χ0) is 13.7. The summed E-state index contributed by atoms with van der Waals surface area (Å²) in [6.45, 7) is 7.11. The number of amides is 1. The van der Waals surface area contributed by atoms with Crippen LogP contribution < -0.4 is 5.32 Å². The van der Waals surface area contributed by atoms with Gasteiger partial charge in [-0.1, -0.05) is 32.6 Å². The number of nitrogens with zero attached hydrogens (tertiary/aromatic N) is 1. The first-order chi connectivity index (χ1) is 9.15. The van der Waals surface area contributed by atoms with E-state index < -0.39 is 0 Å². The summed E-state index contributed by atoms with van der Waals surface area (Å²) >= 11 is 0. The molecule has 3 heteroatoms. The number of piperidine rings is 1. The summed E-state index contributed by atoms with van der Waals surface area (Å²) in [5.41, 5.74) is 0. The normalized spacial score (nSPS) is 29.5. The van der Waals surface area contributed by atoms with E-state index in [1.165, 1.54) is 38.6 Å². The van der Waals surface area contributed by atoms with Gasteiger partial charge < -0.3 is 10.2 Å². The second-order valence-electron chi connectivity index (χ2n) is 6.65. The van der Waals surface area contributed by atoms with E-state index in [0.717, 1.165) is 37.8 Å². The van der Waals surface area contributed by atoms with Crippen molar-refractivity contribution in [3.05, 3.63) is 0 Å². The molecule has 1 N–H and O–H groups in total. The van der Waals surface area contributed by atoms with Crippen molar-refractivity contribution in [1.29, 1.82) is 0 Å². The molecule has 0 spiro atoms. The van der Waals surface area contributed by atoms with Crippen molar-refractivity contribution in [2.24, 2.45) is 11.8 Å². The second-order valence-corrected chi connectivity index (χ2v) is 6.65. The monoisotopic (exact) mass is 266 g/mol. The van der Waals surface area contributed by atoms with E-state index in [2.05, 4.69) is 12.2 Å². The Hall–Kier alpha value is -0.570. The maximum atomic E-state index is 11.3. The van der Waals surface area contributed by atoms with Crippen LogP contribution in [0.5, 0.6) is 0 Å². The standard InChI is InChI=1S/C16H30N2O/c1-13-3-5-15(6-4-13)7-10-17-16-8-11-18(12-9-16)14(2)19/h13,15-17H,3-12H2,1-2H3. The van der Waals surface area contributed by atoms with E-state index in [-0.39, 0.29) is 5.91 Å². The van der Waals surface area contributed by atoms with Crippen molar-refractivity contribution in [2.45, 2.75) is 64.8 Å². The first kappa shape index (κ1) is 14.8. The predicted octanol–water partition coefficient (Wildman–Crippen LogP) is 2.80. The largest absolute Gasteiger partial charge is 0.343 e. The van der Waals surface area contributed by atoms with Gasteiger partial charge in [0.05, 0.1) is 0 Å². The Labute approximate surface area is 118 Å². The second kappa shape index (κ2) is 7.28. The third kappa shape index (κ3) is 4.79. The molecule has 110 valence electrons. The van der Waals surface area contributed by atoms with E-state index in [1.807, 2.05) is 4.90 Å². The van der Waals surface area contributed by atoms with Crippen LogP contribution in [0.25, 0.3) is 0 Å². The first-order valence-electron chi connectivity index (χ1n) is 8.14. The number of carbonyl (C=O) groups excluding carboxylic acids is 1. The van der Waals surface area contributed by atoms with Gasteiger partial charge >= 0.3 is 0 Å². The fourth-order valence-corrected chi connectivity index (χ4v) is 3.51. The molecule has 1 saturated carbocycles. The molecule has 1 aliphatic heterocycles. The molecular formula is C16H30N2O. The fraction of sp³-hybridized carbons (Fsp3) is 0.938. The van der Waals surface area contributed by atoms with Gasteiger partial charge in [0.25, 0.3) is 0 Å². The Morgan fingerprint density at radius 3 is 2.32 bits per heavy atom. The molecule has 0 aromatic carbocycles. The molecule has 0 aromatic heterocycles. The lowest BCUT2D eigenvalue weighted by Crippen LogP contribution is -2.44. The molecule has 1 heterocycles. The van der Waals surface area contributed by atoms with Crippen molar-refractivity contribution in [3.63, 3.8) is 0 Å². The van der Waals surface area contributed by atoms with E-state index in [1.54, 1.807) is 6.92 Å². The number of hydrogen-bond acceptors (Lipinski definition) is 2. The highest BCUT2D eigenvalue weighted by Gasteiger charge is 2.21. The van der Waals surface area contributed by atoms with Crippen molar-refractivity contribution in [3.8, 4) is 0 Å². The number of likely N-dealkylation sites (tertiary alicyclic amines) is 1. The van der Waals surface area contributed by atoms with Gasteiger partial charge in [0.1, 0.15) is 0 Å². The zero-order valence-corrected chi connectivity index (χ0v) is 12.7. The van der Waals surface area contributed by atoms with Crippen molar-refractivity contribution >= 4 is 5.91 Å². The summed E-state index contributed by atoms with van der Waals surface area (Å²) < 4.78 is 0.